The van der Waals surface area contributed by atoms with Crippen molar-refractivity contribution >= 4 is 23.6 Å². The highest BCUT2D eigenvalue weighted by Gasteiger charge is 2.20. The van der Waals surface area contributed by atoms with Crippen molar-refractivity contribution in [2.45, 2.75) is 12.8 Å². The minimum atomic E-state index is -1.35. The zero-order chi connectivity index (χ0) is 20.8. The largest absolute Gasteiger partial charge is 0.504 e. The molecule has 0 unspecified atom stereocenters. The van der Waals surface area contributed by atoms with E-state index in [0.29, 0.717) is 0 Å². The third-order valence-corrected chi connectivity index (χ3v) is 3.52. The molecule has 10 nitrogen and oxygen atoms in total. The molecule has 0 fully saturated rings. The number of phenolic OH excluding ortho intramolecular Hbond substituents is 4. The van der Waals surface area contributed by atoms with Gasteiger partial charge in [-0.2, -0.15) is 0 Å². The lowest BCUT2D eigenvalue weighted by atomic mass is 10.1. The highest BCUT2D eigenvalue weighted by atomic mass is 16.3. The smallest absolute Gasteiger partial charge is 0.316 e. The Hall–Kier alpha value is -4.08. The van der Waals surface area contributed by atoms with Gasteiger partial charge in [-0.1, -0.05) is 12.1 Å². The maximum atomic E-state index is 11.8. The summed E-state index contributed by atoms with van der Waals surface area (Å²) in [5, 5.41) is 40.7. The standard InChI is InChI=1S/C18H16N2O8/c21-11-3-1-9(5-13(11)23)7-15(25)19-17(27)18(28)20-16(26)8-10-2-4-12(22)14(24)6-10/h1-6,21-24H,7-8H2,(H,19,25,27)(H,20,26,28). The van der Waals surface area contributed by atoms with Crippen LogP contribution in [0, 0.1) is 0 Å². The molecule has 10 heteroatoms. The van der Waals surface area contributed by atoms with Gasteiger partial charge in [0.2, 0.25) is 11.8 Å². The first kappa shape index (κ1) is 20.2. The van der Waals surface area contributed by atoms with Gasteiger partial charge in [-0.25, -0.2) is 0 Å². The lowest BCUT2D eigenvalue weighted by Crippen LogP contribution is -2.45. The molecule has 0 aliphatic heterocycles. The normalized spacial score (nSPS) is 10.1. The molecular weight excluding hydrogens is 372 g/mol. The number of phenols is 4. The van der Waals surface area contributed by atoms with E-state index >= 15 is 0 Å². The molecule has 2 aromatic carbocycles. The Kier molecular flexibility index (Phi) is 6.17. The number of carbonyl (C=O) groups is 4. The van der Waals surface area contributed by atoms with Gasteiger partial charge in [0.05, 0.1) is 12.8 Å². The molecule has 6 N–H and O–H groups in total. The quantitative estimate of drug-likeness (QED) is 0.302. The number of benzene rings is 2. The van der Waals surface area contributed by atoms with E-state index in [1.165, 1.54) is 12.1 Å². The van der Waals surface area contributed by atoms with Gasteiger partial charge in [0.1, 0.15) is 0 Å². The first-order valence-corrected chi connectivity index (χ1v) is 7.85. The molecule has 0 aromatic heterocycles. The SMILES string of the molecule is O=C(Cc1ccc(O)c(O)c1)NC(=O)C(=O)NC(=O)Cc1ccc(O)c(O)c1. The summed E-state index contributed by atoms with van der Waals surface area (Å²) in [4.78, 5) is 46.9. The van der Waals surface area contributed by atoms with Crippen LogP contribution in [0.4, 0.5) is 0 Å². The van der Waals surface area contributed by atoms with E-state index in [-0.39, 0.29) is 35.5 Å². The average molecular weight is 388 g/mol. The van der Waals surface area contributed by atoms with Gasteiger partial charge in [-0.3, -0.25) is 29.8 Å². The third-order valence-electron chi connectivity index (χ3n) is 3.52. The number of hydrogen-bond acceptors (Lipinski definition) is 8. The van der Waals surface area contributed by atoms with Crippen LogP contribution in [-0.4, -0.2) is 44.1 Å². The summed E-state index contributed by atoms with van der Waals surface area (Å²) in [6.07, 6.45) is -0.707. The van der Waals surface area contributed by atoms with Gasteiger partial charge < -0.3 is 20.4 Å². The molecule has 0 bridgehead atoms. The second kappa shape index (κ2) is 8.54. The van der Waals surface area contributed by atoms with E-state index in [9.17, 15) is 39.6 Å². The number of carbonyl (C=O) groups excluding carboxylic acids is 4. The van der Waals surface area contributed by atoms with Crippen molar-refractivity contribution < 1.29 is 39.6 Å². The molecule has 0 atom stereocenters. The zero-order valence-electron chi connectivity index (χ0n) is 14.3. The number of rotatable bonds is 4. The summed E-state index contributed by atoms with van der Waals surface area (Å²) in [6.45, 7) is 0. The number of nitrogens with one attached hydrogen (secondary N) is 2. The molecular formula is C18H16N2O8. The fourth-order valence-corrected chi connectivity index (χ4v) is 2.18. The second-order valence-corrected chi connectivity index (χ2v) is 5.75. The fourth-order valence-electron chi connectivity index (χ4n) is 2.18. The first-order valence-electron chi connectivity index (χ1n) is 7.85. The van der Waals surface area contributed by atoms with Gasteiger partial charge in [0, 0.05) is 0 Å². The van der Waals surface area contributed by atoms with E-state index in [0.717, 1.165) is 24.3 Å². The van der Waals surface area contributed by atoms with Crippen molar-refractivity contribution in [3.63, 3.8) is 0 Å². The fraction of sp³-hybridized carbons (Fsp3) is 0.111. The Balaban J connectivity index is 1.86. The van der Waals surface area contributed by atoms with E-state index in [2.05, 4.69) is 0 Å². The van der Waals surface area contributed by atoms with Crippen molar-refractivity contribution in [3.05, 3.63) is 47.5 Å². The van der Waals surface area contributed by atoms with Crippen LogP contribution in [0.25, 0.3) is 0 Å². The Morgan fingerprint density at radius 2 is 0.964 bits per heavy atom. The van der Waals surface area contributed by atoms with Crippen LogP contribution in [0.3, 0.4) is 0 Å². The van der Waals surface area contributed by atoms with Gasteiger partial charge in [-0.05, 0) is 35.4 Å². The second-order valence-electron chi connectivity index (χ2n) is 5.75. The predicted octanol–water partition coefficient (Wildman–Crippen LogP) is -0.420. The monoisotopic (exact) mass is 388 g/mol. The van der Waals surface area contributed by atoms with E-state index in [1.807, 2.05) is 0 Å². The molecule has 0 radical (unpaired) electrons. The van der Waals surface area contributed by atoms with Gasteiger partial charge >= 0.3 is 11.8 Å². The van der Waals surface area contributed by atoms with Gasteiger partial charge in [-0.15, -0.1) is 0 Å². The number of imide groups is 2. The third kappa shape index (κ3) is 5.46. The van der Waals surface area contributed by atoms with Gasteiger partial charge in [0.25, 0.3) is 0 Å². The molecule has 0 saturated heterocycles. The van der Waals surface area contributed by atoms with E-state index in [1.54, 1.807) is 10.6 Å². The molecule has 0 aliphatic rings. The average Bonchev–Trinajstić information content (AvgIpc) is 2.61. The zero-order valence-corrected chi connectivity index (χ0v) is 14.3. The van der Waals surface area contributed by atoms with Crippen LogP contribution in [0.5, 0.6) is 23.0 Å². The van der Waals surface area contributed by atoms with Crippen molar-refractivity contribution in [1.82, 2.24) is 10.6 Å². The molecule has 28 heavy (non-hydrogen) atoms. The summed E-state index contributed by atoms with van der Waals surface area (Å²) in [7, 11) is 0. The highest BCUT2D eigenvalue weighted by Crippen LogP contribution is 2.25. The summed E-state index contributed by atoms with van der Waals surface area (Å²) < 4.78 is 0. The molecule has 0 aliphatic carbocycles. The molecule has 0 heterocycles. The van der Waals surface area contributed by atoms with Crippen molar-refractivity contribution in [1.29, 1.82) is 0 Å². The summed E-state index contributed by atoms with van der Waals surface area (Å²) in [5.74, 6) is -6.06. The number of aromatic hydroxyl groups is 4. The molecule has 0 spiro atoms. The van der Waals surface area contributed by atoms with Crippen LogP contribution in [-0.2, 0) is 32.0 Å². The Morgan fingerprint density at radius 1 is 0.607 bits per heavy atom. The van der Waals surface area contributed by atoms with Crippen molar-refractivity contribution in [3.8, 4) is 23.0 Å². The van der Waals surface area contributed by atoms with E-state index < -0.39 is 35.1 Å². The number of hydrogen-bond donors (Lipinski definition) is 6. The number of amides is 4. The van der Waals surface area contributed by atoms with Crippen LogP contribution in [0.1, 0.15) is 11.1 Å². The molecule has 2 rings (SSSR count). The molecule has 2 aromatic rings. The van der Waals surface area contributed by atoms with Crippen LogP contribution >= 0.6 is 0 Å². The van der Waals surface area contributed by atoms with Crippen LogP contribution in [0.15, 0.2) is 36.4 Å². The van der Waals surface area contributed by atoms with Crippen molar-refractivity contribution in [2.24, 2.45) is 0 Å². The maximum Gasteiger partial charge on any atom is 0.316 e. The molecule has 4 amide bonds. The Morgan fingerprint density at radius 3 is 1.29 bits per heavy atom. The Bertz CT molecular complexity index is 877. The molecule has 146 valence electrons. The predicted molar refractivity (Wildman–Crippen MR) is 93.3 cm³/mol. The van der Waals surface area contributed by atoms with Crippen LogP contribution < -0.4 is 10.6 Å². The van der Waals surface area contributed by atoms with Crippen LogP contribution in [0.2, 0.25) is 0 Å². The lowest BCUT2D eigenvalue weighted by molar-refractivity contribution is -0.144. The first-order chi connectivity index (χ1) is 13.2. The minimum absolute atomic E-state index is 0.282. The summed E-state index contributed by atoms with van der Waals surface area (Å²) in [5.41, 5.74) is 0.563. The minimum Gasteiger partial charge on any atom is -0.504 e. The topological polar surface area (TPSA) is 173 Å². The molecule has 0 saturated carbocycles. The van der Waals surface area contributed by atoms with Crippen molar-refractivity contribution in [2.75, 3.05) is 0 Å². The summed E-state index contributed by atoms with van der Waals surface area (Å²) in [6, 6.07) is 7.25. The lowest BCUT2D eigenvalue weighted by Gasteiger charge is -2.07. The Labute approximate surface area is 158 Å². The van der Waals surface area contributed by atoms with Gasteiger partial charge in [0.15, 0.2) is 23.0 Å². The maximum absolute atomic E-state index is 11.8. The van der Waals surface area contributed by atoms with E-state index in [4.69, 9.17) is 0 Å². The summed E-state index contributed by atoms with van der Waals surface area (Å²) >= 11 is 0. The highest BCUT2D eigenvalue weighted by molar-refractivity contribution is 6.40.